The first-order chi connectivity index (χ1) is 28.6. The molecule has 2 aromatic carbocycles. The highest BCUT2D eigenvalue weighted by Crippen LogP contribution is 2.38. The van der Waals surface area contributed by atoms with Gasteiger partial charge in [-0.15, -0.1) is 10.2 Å². The minimum Gasteiger partial charge on any atom is -0.451 e. The minimum atomic E-state index is -0.755. The Morgan fingerprint density at radius 1 is 0.967 bits per heavy atom. The normalized spacial score (nSPS) is 18.7. The number of aromatic nitrogens is 4. The summed E-state index contributed by atoms with van der Waals surface area (Å²) in [5.74, 6) is 0.654. The molecule has 4 N–H and O–H groups in total. The van der Waals surface area contributed by atoms with E-state index in [0.717, 1.165) is 11.1 Å². The maximum Gasteiger partial charge on any atom is 0.339 e. The molecule has 16 heteroatoms. The molecular formula is C44H55N9O7. The molecule has 3 amide bonds. The van der Waals surface area contributed by atoms with Gasteiger partial charge in [-0.05, 0) is 75.6 Å². The van der Waals surface area contributed by atoms with Gasteiger partial charge in [-0.25, -0.2) is 9.78 Å². The number of anilines is 3. The van der Waals surface area contributed by atoms with Gasteiger partial charge >= 0.3 is 5.97 Å². The summed E-state index contributed by atoms with van der Waals surface area (Å²) >= 11 is 0. The molecule has 3 unspecified atom stereocenters. The van der Waals surface area contributed by atoms with Crippen LogP contribution in [-0.4, -0.2) is 97.1 Å². The number of rotatable bonds is 13. The Labute approximate surface area is 349 Å². The van der Waals surface area contributed by atoms with Crippen LogP contribution in [0, 0.1) is 5.41 Å². The Morgan fingerprint density at radius 2 is 1.70 bits per heavy atom. The highest BCUT2D eigenvalue weighted by molar-refractivity contribution is 5.95. The number of hydrogen-bond donors (Lipinski definition) is 4. The van der Waals surface area contributed by atoms with E-state index in [4.69, 9.17) is 14.1 Å². The number of amides is 3. The summed E-state index contributed by atoms with van der Waals surface area (Å²) in [6.45, 7) is 13.2. The van der Waals surface area contributed by atoms with Crippen LogP contribution < -0.4 is 16.0 Å². The van der Waals surface area contributed by atoms with Gasteiger partial charge in [-0.3, -0.25) is 14.4 Å². The van der Waals surface area contributed by atoms with Gasteiger partial charge in [0.25, 0.3) is 5.89 Å². The SMILES string of the molecule is CC(Nc1nc(Nc2ccc3c(c2)C(C)(C)OC3=O)ncc1-c1nnc(C2CCN(C(=O)CCCC(=O)NC(C(=O)N3CCC(O)C3)C(C)(C)C)CC2)o1)c1ccccc1. The van der Waals surface area contributed by atoms with Crippen LogP contribution in [-0.2, 0) is 24.7 Å². The first kappa shape index (κ1) is 42.2. The van der Waals surface area contributed by atoms with Crippen molar-refractivity contribution in [3.63, 3.8) is 0 Å². The van der Waals surface area contributed by atoms with Gasteiger partial charge in [-0.1, -0.05) is 51.1 Å². The quantitative estimate of drug-likeness (QED) is 0.117. The van der Waals surface area contributed by atoms with Gasteiger partial charge in [0.1, 0.15) is 17.5 Å². The summed E-state index contributed by atoms with van der Waals surface area (Å²) in [6, 6.07) is 14.5. The maximum absolute atomic E-state index is 13.2. The number of fused-ring (bicyclic) bond motifs is 1. The Hall–Kier alpha value is -5.90. The third-order valence-corrected chi connectivity index (χ3v) is 11.5. The number of esters is 1. The monoisotopic (exact) mass is 821 g/mol. The molecule has 60 heavy (non-hydrogen) atoms. The number of carbonyl (C=O) groups excluding carboxylic acids is 4. The number of benzene rings is 2. The fourth-order valence-electron chi connectivity index (χ4n) is 7.96. The lowest BCUT2D eigenvalue weighted by Crippen LogP contribution is -2.54. The second-order valence-corrected chi connectivity index (χ2v) is 17.6. The van der Waals surface area contributed by atoms with Crippen molar-refractivity contribution in [3.05, 3.63) is 77.3 Å². The molecule has 16 nitrogen and oxygen atoms in total. The number of β-amino-alcohol motifs (C(OH)–C–C–N with tert-alkyl or cyclic N) is 1. The van der Waals surface area contributed by atoms with Crippen molar-refractivity contribution in [2.24, 2.45) is 5.41 Å². The average Bonchev–Trinajstić information content (AvgIpc) is 3.94. The topological polar surface area (TPSA) is 205 Å². The van der Waals surface area contributed by atoms with Crippen LogP contribution in [0.25, 0.3) is 11.5 Å². The maximum atomic E-state index is 13.2. The van der Waals surface area contributed by atoms with E-state index in [1.54, 1.807) is 23.2 Å². The third-order valence-electron chi connectivity index (χ3n) is 11.5. The van der Waals surface area contributed by atoms with E-state index >= 15 is 0 Å². The van der Waals surface area contributed by atoms with E-state index in [0.29, 0.717) is 79.8 Å². The van der Waals surface area contributed by atoms with Crippen LogP contribution in [0.3, 0.4) is 0 Å². The molecule has 3 atom stereocenters. The molecule has 3 aliphatic rings. The largest absolute Gasteiger partial charge is 0.451 e. The number of likely N-dealkylation sites (tertiary alicyclic amines) is 2. The molecule has 7 rings (SSSR count). The van der Waals surface area contributed by atoms with Crippen LogP contribution >= 0.6 is 0 Å². The number of nitrogens with one attached hydrogen (secondary N) is 3. The van der Waals surface area contributed by atoms with Crippen LogP contribution in [0.5, 0.6) is 0 Å². The van der Waals surface area contributed by atoms with Crippen molar-refractivity contribution < 1.29 is 33.4 Å². The Kier molecular flexibility index (Phi) is 12.2. The number of cyclic esters (lactones) is 1. The Balaban J connectivity index is 0.962. The molecule has 5 heterocycles. The first-order valence-electron chi connectivity index (χ1n) is 20.8. The number of nitrogens with zero attached hydrogens (tertiary/aromatic N) is 6. The Morgan fingerprint density at radius 3 is 2.40 bits per heavy atom. The fraction of sp³-hybridized carbons (Fsp3) is 0.500. The zero-order chi connectivity index (χ0) is 42.8. The molecule has 0 spiro atoms. The predicted octanol–water partition coefficient (Wildman–Crippen LogP) is 5.85. The summed E-state index contributed by atoms with van der Waals surface area (Å²) in [7, 11) is 0. The molecular weight excluding hydrogens is 767 g/mol. The molecule has 2 aromatic heterocycles. The smallest absolute Gasteiger partial charge is 0.339 e. The summed E-state index contributed by atoms with van der Waals surface area (Å²) in [4.78, 5) is 64.5. The lowest BCUT2D eigenvalue weighted by Gasteiger charge is -2.33. The molecule has 4 aromatic rings. The number of hydrogen-bond acceptors (Lipinski definition) is 13. The average molecular weight is 822 g/mol. The van der Waals surface area contributed by atoms with E-state index in [9.17, 15) is 24.3 Å². The van der Waals surface area contributed by atoms with Gasteiger partial charge < -0.3 is 40.0 Å². The van der Waals surface area contributed by atoms with E-state index in [-0.39, 0.29) is 60.9 Å². The summed E-state index contributed by atoms with van der Waals surface area (Å²) < 4.78 is 11.8. The van der Waals surface area contributed by atoms with Gasteiger partial charge in [0.15, 0.2) is 0 Å². The molecule has 0 bridgehead atoms. The number of ether oxygens (including phenoxy) is 1. The first-order valence-corrected chi connectivity index (χ1v) is 20.8. The summed E-state index contributed by atoms with van der Waals surface area (Å²) in [6.07, 6.45) is 3.61. The van der Waals surface area contributed by atoms with Gasteiger partial charge in [-0.2, -0.15) is 4.98 Å². The van der Waals surface area contributed by atoms with Crippen molar-refractivity contribution in [1.82, 2.24) is 35.3 Å². The van der Waals surface area contributed by atoms with Gasteiger partial charge in [0, 0.05) is 68.4 Å². The minimum absolute atomic E-state index is 0.0264. The highest BCUT2D eigenvalue weighted by atomic mass is 16.6. The molecule has 2 fully saturated rings. The molecule has 318 valence electrons. The van der Waals surface area contributed by atoms with Gasteiger partial charge in [0.2, 0.25) is 29.6 Å². The second kappa shape index (κ2) is 17.4. The lowest BCUT2D eigenvalue weighted by molar-refractivity contribution is -0.139. The van der Waals surface area contributed by atoms with Crippen molar-refractivity contribution in [3.8, 4) is 11.5 Å². The Bertz CT molecular complexity index is 2210. The standard InChI is InChI=1S/C44H55N9O7/c1-26(27-11-8-7-9-12-27)46-37-32(24-45-42(49-37)47-29-15-16-31-33(23-29)44(5,6)60-41(31)58)39-51-50-38(59-39)28-17-20-52(21-18-28)35(56)14-10-13-34(55)48-36(43(2,3)4)40(57)53-22-19-30(54)25-53/h7-9,11-12,15-16,23-24,26,28,30,36,54H,10,13-14,17-22,25H2,1-6H3,(H,48,55)(H2,45,46,47,49). The van der Waals surface area contributed by atoms with E-state index in [2.05, 4.69) is 31.1 Å². The summed E-state index contributed by atoms with van der Waals surface area (Å²) in [5, 5.41) is 28.4. The number of piperidine rings is 1. The van der Waals surface area contributed by atoms with Crippen molar-refractivity contribution in [1.29, 1.82) is 0 Å². The molecule has 3 aliphatic heterocycles. The van der Waals surface area contributed by atoms with E-state index < -0.39 is 23.2 Å². The van der Waals surface area contributed by atoms with Crippen molar-refractivity contribution in [2.75, 3.05) is 36.8 Å². The number of carbonyl (C=O) groups is 4. The van der Waals surface area contributed by atoms with Crippen molar-refractivity contribution >= 4 is 41.1 Å². The van der Waals surface area contributed by atoms with Crippen LogP contribution in [0.15, 0.2) is 59.1 Å². The fourth-order valence-corrected chi connectivity index (χ4v) is 7.96. The van der Waals surface area contributed by atoms with Crippen LogP contribution in [0.1, 0.15) is 119 Å². The van der Waals surface area contributed by atoms with E-state index in [1.165, 1.54) is 0 Å². The van der Waals surface area contributed by atoms with Crippen molar-refractivity contribution in [2.45, 2.75) is 110 Å². The molecule has 2 saturated heterocycles. The second-order valence-electron chi connectivity index (χ2n) is 17.6. The van der Waals surface area contributed by atoms with E-state index in [1.807, 2.05) is 82.8 Å². The van der Waals surface area contributed by atoms with Crippen LogP contribution in [0.2, 0.25) is 0 Å². The molecule has 0 radical (unpaired) electrons. The van der Waals surface area contributed by atoms with Gasteiger partial charge in [0.05, 0.1) is 17.2 Å². The number of aliphatic hydroxyl groups excluding tert-OH is 1. The number of aliphatic hydroxyl groups is 1. The van der Waals surface area contributed by atoms with Crippen LogP contribution in [0.4, 0.5) is 17.5 Å². The lowest BCUT2D eigenvalue weighted by atomic mass is 9.85. The molecule has 0 aliphatic carbocycles. The molecule has 0 saturated carbocycles. The predicted molar refractivity (Wildman–Crippen MR) is 223 cm³/mol. The zero-order valence-electron chi connectivity index (χ0n) is 35.2. The zero-order valence-corrected chi connectivity index (χ0v) is 35.2. The third kappa shape index (κ3) is 9.59. The summed E-state index contributed by atoms with van der Waals surface area (Å²) in [5.41, 5.74) is 2.32. The highest BCUT2D eigenvalue weighted by Gasteiger charge is 2.39.